The Labute approximate surface area is 119 Å². The lowest BCUT2D eigenvalue weighted by Crippen LogP contribution is -2.13. The van der Waals surface area contributed by atoms with Crippen LogP contribution >= 0.6 is 0 Å². The first-order valence-corrected chi connectivity index (χ1v) is 6.75. The number of hydrogen-bond acceptors (Lipinski definition) is 2. The van der Waals surface area contributed by atoms with E-state index in [1.165, 1.54) is 22.0 Å². The first kappa shape index (κ1) is 12.5. The number of hydrogen-bond donors (Lipinski definition) is 1. The van der Waals surface area contributed by atoms with Crippen molar-refractivity contribution >= 4 is 27.8 Å². The normalized spacial score (nSPS) is 10.7. The van der Waals surface area contributed by atoms with E-state index in [9.17, 15) is 0 Å². The fourth-order valence-electron chi connectivity index (χ4n) is 2.76. The molecule has 20 heavy (non-hydrogen) atoms. The Hall–Kier alpha value is -2.48. The van der Waals surface area contributed by atoms with Crippen molar-refractivity contribution in [2.75, 3.05) is 17.7 Å². The predicted molar refractivity (Wildman–Crippen MR) is 87.6 cm³/mol. The number of para-hydroxylation sites is 1. The van der Waals surface area contributed by atoms with E-state index < -0.39 is 0 Å². The van der Waals surface area contributed by atoms with Gasteiger partial charge in [-0.1, -0.05) is 48.5 Å². The van der Waals surface area contributed by atoms with E-state index >= 15 is 0 Å². The van der Waals surface area contributed by atoms with Gasteiger partial charge in [-0.2, -0.15) is 0 Å². The van der Waals surface area contributed by atoms with E-state index in [-0.39, 0.29) is 0 Å². The fourth-order valence-corrected chi connectivity index (χ4v) is 2.76. The van der Waals surface area contributed by atoms with Gasteiger partial charge in [0.25, 0.3) is 0 Å². The predicted octanol–water partition coefficient (Wildman–Crippen LogP) is 4.50. The maximum atomic E-state index is 6.16. The highest BCUT2D eigenvalue weighted by Crippen LogP contribution is 2.35. The van der Waals surface area contributed by atoms with Crippen molar-refractivity contribution in [3.63, 3.8) is 0 Å². The van der Waals surface area contributed by atoms with E-state index in [1.54, 1.807) is 0 Å². The molecule has 0 aliphatic rings. The average molecular weight is 262 g/mol. The summed E-state index contributed by atoms with van der Waals surface area (Å²) in [5.74, 6) is 0. The van der Waals surface area contributed by atoms with Crippen LogP contribution in [0.15, 0.2) is 60.7 Å². The van der Waals surface area contributed by atoms with Gasteiger partial charge in [0.1, 0.15) is 0 Å². The monoisotopic (exact) mass is 262 g/mol. The topological polar surface area (TPSA) is 29.3 Å². The van der Waals surface area contributed by atoms with Crippen LogP contribution in [0, 0.1) is 6.92 Å². The first-order valence-electron chi connectivity index (χ1n) is 6.75. The number of benzene rings is 3. The molecule has 0 saturated carbocycles. The lowest BCUT2D eigenvalue weighted by atomic mass is 10.1. The van der Waals surface area contributed by atoms with Gasteiger partial charge in [0.05, 0.1) is 11.4 Å². The molecule has 0 unspecified atom stereocenters. The largest absolute Gasteiger partial charge is 0.397 e. The quantitative estimate of drug-likeness (QED) is 0.689. The second kappa shape index (κ2) is 4.89. The number of fused-ring (bicyclic) bond motifs is 1. The molecule has 0 aromatic heterocycles. The molecule has 0 heterocycles. The molecule has 3 aromatic rings. The highest BCUT2D eigenvalue weighted by molar-refractivity contribution is 5.97. The smallest absolute Gasteiger partial charge is 0.0671 e. The van der Waals surface area contributed by atoms with Gasteiger partial charge in [0.2, 0.25) is 0 Å². The molecule has 0 aliphatic heterocycles. The molecular weight excluding hydrogens is 244 g/mol. The van der Waals surface area contributed by atoms with E-state index in [0.717, 1.165) is 11.4 Å². The van der Waals surface area contributed by atoms with Crippen LogP contribution in [0.1, 0.15) is 5.56 Å². The molecule has 0 fully saturated rings. The molecule has 2 nitrogen and oxygen atoms in total. The molecule has 0 atom stereocenters. The molecule has 2 heteroatoms. The van der Waals surface area contributed by atoms with Gasteiger partial charge < -0.3 is 10.6 Å². The summed E-state index contributed by atoms with van der Waals surface area (Å²) in [4.78, 5) is 2.17. The zero-order valence-electron chi connectivity index (χ0n) is 11.8. The summed E-state index contributed by atoms with van der Waals surface area (Å²) in [6.07, 6.45) is 0. The van der Waals surface area contributed by atoms with Crippen LogP contribution in [0.25, 0.3) is 10.8 Å². The lowest BCUT2D eigenvalue weighted by Gasteiger charge is -2.24. The third-order valence-corrected chi connectivity index (χ3v) is 3.73. The molecule has 2 N–H and O–H groups in total. The maximum absolute atomic E-state index is 6.16. The Bertz CT molecular complexity index is 737. The molecule has 0 saturated heterocycles. The zero-order valence-corrected chi connectivity index (χ0v) is 11.8. The third-order valence-electron chi connectivity index (χ3n) is 3.73. The van der Waals surface area contributed by atoms with Gasteiger partial charge in [-0.15, -0.1) is 0 Å². The molecule has 0 bridgehead atoms. The summed E-state index contributed by atoms with van der Waals surface area (Å²) in [5.41, 5.74) is 10.4. The second-order valence-electron chi connectivity index (χ2n) is 5.07. The minimum Gasteiger partial charge on any atom is -0.397 e. The SMILES string of the molecule is Cc1cccc(N)c1N(C)c1cccc2ccccc12. The molecular formula is C18H18N2. The van der Waals surface area contributed by atoms with E-state index in [2.05, 4.69) is 67.4 Å². The molecule has 0 amide bonds. The number of anilines is 3. The number of nitrogens with two attached hydrogens (primary N) is 1. The van der Waals surface area contributed by atoms with Gasteiger partial charge in [0, 0.05) is 18.1 Å². The summed E-state index contributed by atoms with van der Waals surface area (Å²) in [5, 5.41) is 2.48. The van der Waals surface area contributed by atoms with Gasteiger partial charge in [-0.3, -0.25) is 0 Å². The lowest BCUT2D eigenvalue weighted by molar-refractivity contribution is 1.20. The number of aryl methyl sites for hydroxylation is 1. The standard InChI is InChI=1S/C18H18N2/c1-13-7-5-11-16(19)18(13)20(2)17-12-6-9-14-8-3-4-10-15(14)17/h3-12H,19H2,1-2H3. The Morgan fingerprint density at radius 2 is 1.55 bits per heavy atom. The Morgan fingerprint density at radius 1 is 0.850 bits per heavy atom. The van der Waals surface area contributed by atoms with E-state index in [0.29, 0.717) is 0 Å². The van der Waals surface area contributed by atoms with Crippen LogP contribution < -0.4 is 10.6 Å². The van der Waals surface area contributed by atoms with Crippen molar-refractivity contribution in [2.45, 2.75) is 6.92 Å². The number of nitrogens with zero attached hydrogens (tertiary/aromatic N) is 1. The summed E-state index contributed by atoms with van der Waals surface area (Å²) in [6, 6.07) is 20.8. The van der Waals surface area contributed by atoms with Crippen LogP contribution in [0.5, 0.6) is 0 Å². The minimum absolute atomic E-state index is 0.806. The van der Waals surface area contributed by atoms with Gasteiger partial charge in [-0.05, 0) is 30.0 Å². The van der Waals surface area contributed by atoms with Crippen molar-refractivity contribution in [2.24, 2.45) is 0 Å². The Balaban J connectivity index is 2.21. The molecule has 100 valence electrons. The highest BCUT2D eigenvalue weighted by Gasteiger charge is 2.12. The minimum atomic E-state index is 0.806. The second-order valence-corrected chi connectivity index (χ2v) is 5.07. The van der Waals surface area contributed by atoms with Crippen molar-refractivity contribution in [1.29, 1.82) is 0 Å². The van der Waals surface area contributed by atoms with Crippen LogP contribution in [0.3, 0.4) is 0 Å². The van der Waals surface area contributed by atoms with E-state index in [4.69, 9.17) is 5.73 Å². The Morgan fingerprint density at radius 3 is 2.35 bits per heavy atom. The summed E-state index contributed by atoms with van der Waals surface area (Å²) < 4.78 is 0. The summed E-state index contributed by atoms with van der Waals surface area (Å²) in [6.45, 7) is 2.09. The van der Waals surface area contributed by atoms with Crippen molar-refractivity contribution in [3.8, 4) is 0 Å². The highest BCUT2D eigenvalue weighted by atomic mass is 15.1. The van der Waals surface area contributed by atoms with Gasteiger partial charge in [-0.25, -0.2) is 0 Å². The fraction of sp³-hybridized carbons (Fsp3) is 0.111. The van der Waals surface area contributed by atoms with Gasteiger partial charge in [0.15, 0.2) is 0 Å². The van der Waals surface area contributed by atoms with Crippen LogP contribution in [-0.2, 0) is 0 Å². The summed E-state index contributed by atoms with van der Waals surface area (Å²) >= 11 is 0. The van der Waals surface area contributed by atoms with Crippen LogP contribution in [-0.4, -0.2) is 7.05 Å². The van der Waals surface area contributed by atoms with Crippen LogP contribution in [0.2, 0.25) is 0 Å². The average Bonchev–Trinajstić information content (AvgIpc) is 2.46. The molecule has 3 aromatic carbocycles. The third kappa shape index (κ3) is 1.99. The maximum Gasteiger partial charge on any atom is 0.0671 e. The molecule has 0 aliphatic carbocycles. The first-order chi connectivity index (χ1) is 9.68. The molecule has 0 radical (unpaired) electrons. The Kier molecular flexibility index (Phi) is 3.07. The van der Waals surface area contributed by atoms with Crippen molar-refractivity contribution in [3.05, 3.63) is 66.2 Å². The van der Waals surface area contributed by atoms with E-state index in [1.807, 2.05) is 12.1 Å². The summed E-state index contributed by atoms with van der Waals surface area (Å²) in [7, 11) is 2.07. The molecule has 3 rings (SSSR count). The number of rotatable bonds is 2. The van der Waals surface area contributed by atoms with Gasteiger partial charge >= 0.3 is 0 Å². The number of nitrogen functional groups attached to an aromatic ring is 1. The van der Waals surface area contributed by atoms with Crippen LogP contribution in [0.4, 0.5) is 17.1 Å². The zero-order chi connectivity index (χ0) is 14.1. The van der Waals surface area contributed by atoms with Crippen molar-refractivity contribution < 1.29 is 0 Å². The van der Waals surface area contributed by atoms with Crippen molar-refractivity contribution in [1.82, 2.24) is 0 Å². The molecule has 0 spiro atoms.